The number of hydrogen-bond acceptors (Lipinski definition) is 4. The van der Waals surface area contributed by atoms with Crippen LogP contribution in [0.4, 0.5) is 0 Å². The monoisotopic (exact) mass is 371 g/mol. The van der Waals surface area contributed by atoms with Crippen molar-refractivity contribution in [2.45, 2.75) is 26.4 Å². The van der Waals surface area contributed by atoms with E-state index in [2.05, 4.69) is 24.1 Å². The highest BCUT2D eigenvalue weighted by Crippen LogP contribution is 2.38. The first-order valence-electron chi connectivity index (χ1n) is 8.88. The van der Waals surface area contributed by atoms with Crippen molar-refractivity contribution in [3.05, 3.63) is 52.8 Å². The van der Waals surface area contributed by atoms with Gasteiger partial charge in [-0.3, -0.25) is 0 Å². The maximum Gasteiger partial charge on any atom is 0.179 e. The van der Waals surface area contributed by atoms with E-state index in [1.807, 2.05) is 36.4 Å². The van der Waals surface area contributed by atoms with Crippen LogP contribution in [0.15, 0.2) is 36.4 Å². The summed E-state index contributed by atoms with van der Waals surface area (Å²) in [6.07, 6.45) is 0. The lowest BCUT2D eigenvalue weighted by Crippen LogP contribution is -2.26. The van der Waals surface area contributed by atoms with Crippen LogP contribution in [0.1, 0.15) is 31.3 Å². The first-order valence-corrected chi connectivity index (χ1v) is 9.25. The molecule has 0 aliphatic carbocycles. The Bertz CT molecular complexity index is 890. The smallest absolute Gasteiger partial charge is 0.179 e. The van der Waals surface area contributed by atoms with Crippen LogP contribution < -0.4 is 14.8 Å². The molecule has 5 nitrogen and oxygen atoms in total. The quantitative estimate of drug-likeness (QED) is 0.694. The van der Waals surface area contributed by atoms with Crippen molar-refractivity contribution >= 4 is 22.6 Å². The highest BCUT2D eigenvalue weighted by atomic mass is 35.5. The fraction of sp³-hybridized carbons (Fsp3) is 0.350. The molecular formula is C20H22ClN3O2. The highest BCUT2D eigenvalue weighted by molar-refractivity contribution is 6.32. The lowest BCUT2D eigenvalue weighted by Gasteiger charge is -2.23. The number of nitrogens with one attached hydrogen (secondary N) is 2. The Balaban J connectivity index is 1.55. The molecule has 1 aromatic heterocycles. The van der Waals surface area contributed by atoms with E-state index in [-0.39, 0.29) is 6.04 Å². The minimum atomic E-state index is 0.106. The average molecular weight is 372 g/mol. The Kier molecular flexibility index (Phi) is 4.74. The average Bonchev–Trinajstić information content (AvgIpc) is 3.05. The number of halogens is 1. The van der Waals surface area contributed by atoms with Crippen LogP contribution in [0.5, 0.6) is 11.5 Å². The molecule has 3 aromatic rings. The zero-order chi connectivity index (χ0) is 18.1. The van der Waals surface area contributed by atoms with E-state index in [4.69, 9.17) is 26.1 Å². The number of hydrogen-bond donors (Lipinski definition) is 2. The molecule has 0 radical (unpaired) electrons. The van der Waals surface area contributed by atoms with Gasteiger partial charge in [-0.1, -0.05) is 37.6 Å². The van der Waals surface area contributed by atoms with E-state index in [0.29, 0.717) is 42.2 Å². The summed E-state index contributed by atoms with van der Waals surface area (Å²) < 4.78 is 11.3. The number of para-hydroxylation sites is 2. The van der Waals surface area contributed by atoms with E-state index >= 15 is 0 Å². The molecular weight excluding hydrogens is 350 g/mol. The molecule has 1 aliphatic heterocycles. The first-order chi connectivity index (χ1) is 12.6. The standard InChI is InChI=1S/C20H22ClN3O2/c1-12(2)18(20-23-15-5-3-4-6-16(15)24-20)22-11-13-9-14(21)19-17(10-13)25-7-8-26-19/h3-6,9-10,12,18,22H,7-8,11H2,1-2H3,(H,23,24). The van der Waals surface area contributed by atoms with Crippen LogP contribution in [0, 0.1) is 5.92 Å². The van der Waals surface area contributed by atoms with Gasteiger partial charge in [0.05, 0.1) is 22.1 Å². The fourth-order valence-electron chi connectivity index (χ4n) is 3.26. The van der Waals surface area contributed by atoms with Crippen LogP contribution in [0.3, 0.4) is 0 Å². The zero-order valence-corrected chi connectivity index (χ0v) is 15.6. The predicted molar refractivity (Wildman–Crippen MR) is 103 cm³/mol. The summed E-state index contributed by atoms with van der Waals surface area (Å²) in [5.74, 6) is 2.68. The summed E-state index contributed by atoms with van der Waals surface area (Å²) in [4.78, 5) is 8.18. The highest BCUT2D eigenvalue weighted by Gasteiger charge is 2.21. The molecule has 2 N–H and O–H groups in total. The number of benzene rings is 2. The maximum absolute atomic E-state index is 6.34. The van der Waals surface area contributed by atoms with Crippen molar-refractivity contribution < 1.29 is 9.47 Å². The summed E-state index contributed by atoms with van der Waals surface area (Å²) in [7, 11) is 0. The minimum absolute atomic E-state index is 0.106. The van der Waals surface area contributed by atoms with Gasteiger partial charge >= 0.3 is 0 Å². The van der Waals surface area contributed by atoms with Crippen molar-refractivity contribution in [1.29, 1.82) is 0 Å². The minimum Gasteiger partial charge on any atom is -0.486 e. The summed E-state index contributed by atoms with van der Waals surface area (Å²) in [5.41, 5.74) is 3.09. The Hall–Kier alpha value is -2.24. The lowest BCUT2D eigenvalue weighted by atomic mass is 10.0. The number of aromatic nitrogens is 2. The molecule has 1 aliphatic rings. The molecule has 2 heterocycles. The number of imidazole rings is 1. The predicted octanol–water partition coefficient (Wildman–Crippen LogP) is 4.47. The fourth-order valence-corrected chi connectivity index (χ4v) is 3.55. The topological polar surface area (TPSA) is 59.2 Å². The van der Waals surface area contributed by atoms with E-state index in [1.54, 1.807) is 0 Å². The number of ether oxygens (including phenoxy) is 2. The van der Waals surface area contributed by atoms with Gasteiger partial charge < -0.3 is 19.8 Å². The van der Waals surface area contributed by atoms with E-state index in [1.165, 1.54) is 0 Å². The molecule has 1 atom stereocenters. The molecule has 0 saturated heterocycles. The second-order valence-corrected chi connectivity index (χ2v) is 7.25. The molecule has 4 rings (SSSR count). The summed E-state index contributed by atoms with van der Waals surface area (Å²) in [6, 6.07) is 12.1. The number of fused-ring (bicyclic) bond motifs is 2. The molecule has 0 spiro atoms. The largest absolute Gasteiger partial charge is 0.486 e. The van der Waals surface area contributed by atoms with Gasteiger partial charge in [-0.25, -0.2) is 4.98 Å². The Morgan fingerprint density at radius 2 is 2.00 bits per heavy atom. The third-order valence-corrected chi connectivity index (χ3v) is 4.83. The number of H-pyrrole nitrogens is 1. The van der Waals surface area contributed by atoms with Crippen LogP contribution >= 0.6 is 11.6 Å². The summed E-state index contributed by atoms with van der Waals surface area (Å²) >= 11 is 6.34. The first kappa shape index (κ1) is 17.2. The Morgan fingerprint density at radius 1 is 1.19 bits per heavy atom. The van der Waals surface area contributed by atoms with Gasteiger partial charge in [0.2, 0.25) is 0 Å². The normalized spacial score (nSPS) is 14.8. The molecule has 2 aromatic carbocycles. The van der Waals surface area contributed by atoms with Crippen LogP contribution in [-0.4, -0.2) is 23.2 Å². The van der Waals surface area contributed by atoms with Crippen LogP contribution in [-0.2, 0) is 6.54 Å². The van der Waals surface area contributed by atoms with E-state index in [9.17, 15) is 0 Å². The van der Waals surface area contributed by atoms with Crippen molar-refractivity contribution in [2.75, 3.05) is 13.2 Å². The van der Waals surface area contributed by atoms with Gasteiger partial charge in [-0.15, -0.1) is 0 Å². The van der Waals surface area contributed by atoms with Gasteiger partial charge in [-0.05, 0) is 35.7 Å². The summed E-state index contributed by atoms with van der Waals surface area (Å²) in [6.45, 7) is 6.11. The molecule has 26 heavy (non-hydrogen) atoms. The molecule has 0 saturated carbocycles. The van der Waals surface area contributed by atoms with Gasteiger partial charge in [0.25, 0.3) is 0 Å². The zero-order valence-electron chi connectivity index (χ0n) is 14.9. The lowest BCUT2D eigenvalue weighted by molar-refractivity contribution is 0.171. The maximum atomic E-state index is 6.34. The Labute approximate surface area is 157 Å². The van der Waals surface area contributed by atoms with E-state index < -0.39 is 0 Å². The second-order valence-electron chi connectivity index (χ2n) is 6.84. The van der Waals surface area contributed by atoms with Crippen LogP contribution in [0.2, 0.25) is 5.02 Å². The Morgan fingerprint density at radius 3 is 2.81 bits per heavy atom. The van der Waals surface area contributed by atoms with E-state index in [0.717, 1.165) is 22.4 Å². The molecule has 1 unspecified atom stereocenters. The van der Waals surface area contributed by atoms with Gasteiger partial charge in [0.15, 0.2) is 11.5 Å². The summed E-state index contributed by atoms with van der Waals surface area (Å²) in [5, 5.41) is 4.18. The second kappa shape index (κ2) is 7.17. The number of aromatic amines is 1. The van der Waals surface area contributed by atoms with Crippen molar-refractivity contribution in [3.63, 3.8) is 0 Å². The van der Waals surface area contributed by atoms with Crippen LogP contribution in [0.25, 0.3) is 11.0 Å². The number of nitrogens with zero attached hydrogens (tertiary/aromatic N) is 1. The van der Waals surface area contributed by atoms with Crippen molar-refractivity contribution in [3.8, 4) is 11.5 Å². The van der Waals surface area contributed by atoms with Crippen molar-refractivity contribution in [2.24, 2.45) is 5.92 Å². The van der Waals surface area contributed by atoms with Gasteiger partial charge in [0.1, 0.15) is 19.0 Å². The molecule has 136 valence electrons. The third kappa shape index (κ3) is 3.37. The molecule has 6 heteroatoms. The third-order valence-electron chi connectivity index (χ3n) is 4.55. The van der Waals surface area contributed by atoms with Crippen molar-refractivity contribution in [1.82, 2.24) is 15.3 Å². The molecule has 0 bridgehead atoms. The van der Waals surface area contributed by atoms with Gasteiger partial charge in [0, 0.05) is 6.54 Å². The van der Waals surface area contributed by atoms with Gasteiger partial charge in [-0.2, -0.15) is 0 Å². The number of rotatable bonds is 5. The SMILES string of the molecule is CC(C)C(NCc1cc(Cl)c2c(c1)OCCO2)c1nc2ccccc2[nH]1. The molecule has 0 fully saturated rings. The molecule has 0 amide bonds.